The molecule has 0 saturated heterocycles. The molecule has 0 saturated carbocycles. The van der Waals surface area contributed by atoms with Crippen LogP contribution in [-0.4, -0.2) is 11.9 Å². The fourth-order valence-corrected chi connectivity index (χ4v) is 1.94. The number of benzene rings is 1. The topological polar surface area (TPSA) is 81.1 Å². The van der Waals surface area contributed by atoms with Crippen LogP contribution < -0.4 is 16.8 Å². The highest BCUT2D eigenvalue weighted by molar-refractivity contribution is 5.99. The van der Waals surface area contributed by atoms with Crippen LogP contribution in [0, 0.1) is 11.7 Å². The molecule has 0 fully saturated rings. The molecule has 0 aliphatic rings. The van der Waals surface area contributed by atoms with E-state index in [1.165, 1.54) is 6.07 Å². The summed E-state index contributed by atoms with van der Waals surface area (Å²) in [6, 6.07) is 2.58. The maximum Gasteiger partial charge on any atom is 0.250 e. The van der Waals surface area contributed by atoms with Crippen molar-refractivity contribution in [2.24, 2.45) is 11.7 Å². The lowest BCUT2D eigenvalue weighted by Crippen LogP contribution is -2.20. The van der Waals surface area contributed by atoms with Gasteiger partial charge in [0.25, 0.3) is 5.91 Å². The second kappa shape index (κ2) is 5.71. The Labute approximate surface area is 107 Å². The molecule has 5 N–H and O–H groups in total. The van der Waals surface area contributed by atoms with Crippen LogP contribution in [0.25, 0.3) is 0 Å². The van der Waals surface area contributed by atoms with E-state index in [0.29, 0.717) is 5.92 Å². The first kappa shape index (κ1) is 14.3. The summed E-state index contributed by atoms with van der Waals surface area (Å²) in [5, 5.41) is 3.03. The van der Waals surface area contributed by atoms with Gasteiger partial charge in [-0.2, -0.15) is 0 Å². The molecule has 100 valence electrons. The van der Waals surface area contributed by atoms with Crippen LogP contribution >= 0.6 is 0 Å². The summed E-state index contributed by atoms with van der Waals surface area (Å²) < 4.78 is 13.7. The van der Waals surface area contributed by atoms with Crippen LogP contribution in [0.4, 0.5) is 15.8 Å². The maximum atomic E-state index is 13.7. The molecule has 0 spiro atoms. The highest BCUT2D eigenvalue weighted by Gasteiger charge is 2.13. The van der Waals surface area contributed by atoms with E-state index in [4.69, 9.17) is 11.5 Å². The second-order valence-electron chi connectivity index (χ2n) is 4.96. The average Bonchev–Trinajstić information content (AvgIpc) is 2.20. The predicted octanol–water partition coefficient (Wildman–Crippen LogP) is 2.35. The Morgan fingerprint density at radius 3 is 2.50 bits per heavy atom. The fraction of sp³-hybridized carbons (Fsp3) is 0.462. The molecule has 0 bridgehead atoms. The molecule has 4 nitrogen and oxygen atoms in total. The molecule has 1 aromatic carbocycles. The van der Waals surface area contributed by atoms with E-state index in [1.54, 1.807) is 0 Å². The van der Waals surface area contributed by atoms with Gasteiger partial charge in [0.2, 0.25) is 0 Å². The van der Waals surface area contributed by atoms with Gasteiger partial charge < -0.3 is 16.8 Å². The molecule has 1 amide bonds. The summed E-state index contributed by atoms with van der Waals surface area (Å²) >= 11 is 0. The van der Waals surface area contributed by atoms with Gasteiger partial charge in [0.1, 0.15) is 5.82 Å². The van der Waals surface area contributed by atoms with E-state index in [9.17, 15) is 9.18 Å². The number of amides is 1. The van der Waals surface area contributed by atoms with Crippen LogP contribution in [0.5, 0.6) is 0 Å². The van der Waals surface area contributed by atoms with Crippen molar-refractivity contribution in [1.29, 1.82) is 0 Å². The number of hydrogen-bond donors (Lipinski definition) is 3. The number of anilines is 2. The van der Waals surface area contributed by atoms with Crippen LogP contribution in [0.15, 0.2) is 12.1 Å². The monoisotopic (exact) mass is 253 g/mol. The lowest BCUT2D eigenvalue weighted by molar-refractivity contribution is 0.100. The van der Waals surface area contributed by atoms with E-state index >= 15 is 0 Å². The number of rotatable bonds is 5. The Kier molecular flexibility index (Phi) is 4.53. The summed E-state index contributed by atoms with van der Waals surface area (Å²) in [4.78, 5) is 11.1. The van der Waals surface area contributed by atoms with Gasteiger partial charge in [-0.1, -0.05) is 13.8 Å². The first-order valence-electron chi connectivity index (χ1n) is 5.96. The van der Waals surface area contributed by atoms with E-state index in [0.717, 1.165) is 12.5 Å². The number of primary amides is 1. The van der Waals surface area contributed by atoms with Crippen molar-refractivity contribution in [3.05, 3.63) is 23.5 Å². The van der Waals surface area contributed by atoms with Crippen molar-refractivity contribution in [3.8, 4) is 0 Å². The van der Waals surface area contributed by atoms with Gasteiger partial charge in [0.05, 0.1) is 11.3 Å². The Balaban J connectivity index is 2.95. The van der Waals surface area contributed by atoms with Crippen molar-refractivity contribution in [3.63, 3.8) is 0 Å². The summed E-state index contributed by atoms with van der Waals surface area (Å²) in [7, 11) is 0. The molecule has 18 heavy (non-hydrogen) atoms. The smallest absolute Gasteiger partial charge is 0.250 e. The van der Waals surface area contributed by atoms with E-state index in [2.05, 4.69) is 19.2 Å². The minimum Gasteiger partial charge on any atom is -0.398 e. The zero-order valence-electron chi connectivity index (χ0n) is 11.0. The van der Waals surface area contributed by atoms with Crippen LogP contribution in [0.3, 0.4) is 0 Å². The third kappa shape index (κ3) is 3.61. The largest absolute Gasteiger partial charge is 0.398 e. The lowest BCUT2D eigenvalue weighted by atomic mass is 10.0. The molecule has 1 aromatic rings. The summed E-state index contributed by atoms with van der Waals surface area (Å²) in [5.41, 5.74) is 11.2. The number of halogens is 1. The molecule has 1 rings (SSSR count). The molecule has 0 aromatic heterocycles. The highest BCUT2D eigenvalue weighted by atomic mass is 19.1. The Morgan fingerprint density at radius 1 is 1.39 bits per heavy atom. The van der Waals surface area contributed by atoms with Crippen LogP contribution in [0.2, 0.25) is 0 Å². The van der Waals surface area contributed by atoms with Crippen molar-refractivity contribution >= 4 is 17.3 Å². The Hall–Kier alpha value is -1.78. The maximum absolute atomic E-state index is 13.7. The molecule has 0 aliphatic carbocycles. The highest BCUT2D eigenvalue weighted by Crippen LogP contribution is 2.23. The summed E-state index contributed by atoms with van der Waals surface area (Å²) in [5.74, 6) is -0.639. The van der Waals surface area contributed by atoms with Gasteiger partial charge in [0.15, 0.2) is 0 Å². The normalized spacial score (nSPS) is 12.5. The van der Waals surface area contributed by atoms with Gasteiger partial charge in [-0.15, -0.1) is 0 Å². The number of nitrogen functional groups attached to an aromatic ring is 1. The van der Waals surface area contributed by atoms with Crippen molar-refractivity contribution in [2.75, 3.05) is 11.1 Å². The van der Waals surface area contributed by atoms with Crippen molar-refractivity contribution in [1.82, 2.24) is 0 Å². The average molecular weight is 253 g/mol. The minimum absolute atomic E-state index is 0.0575. The van der Waals surface area contributed by atoms with Crippen LogP contribution in [-0.2, 0) is 0 Å². The first-order valence-corrected chi connectivity index (χ1v) is 5.96. The predicted molar refractivity (Wildman–Crippen MR) is 71.9 cm³/mol. The number of nitrogens with one attached hydrogen (secondary N) is 1. The Morgan fingerprint density at radius 2 is 2.00 bits per heavy atom. The molecule has 5 heteroatoms. The molecular weight excluding hydrogens is 233 g/mol. The fourth-order valence-electron chi connectivity index (χ4n) is 1.94. The first-order chi connectivity index (χ1) is 8.31. The Bertz CT molecular complexity index is 446. The van der Waals surface area contributed by atoms with Gasteiger partial charge in [-0.25, -0.2) is 4.39 Å². The SMILES string of the molecule is CC(C)CC(C)Nc1cc(C(N)=O)c(N)cc1F. The molecular formula is C13H20FN3O. The number of carbonyl (C=O) groups excluding carboxylic acids is 1. The zero-order chi connectivity index (χ0) is 13.9. The zero-order valence-corrected chi connectivity index (χ0v) is 11.0. The van der Waals surface area contributed by atoms with Crippen molar-refractivity contribution < 1.29 is 9.18 Å². The summed E-state index contributed by atoms with van der Waals surface area (Å²) in [6.45, 7) is 6.14. The summed E-state index contributed by atoms with van der Waals surface area (Å²) in [6.07, 6.45) is 0.899. The van der Waals surface area contributed by atoms with Crippen LogP contribution in [0.1, 0.15) is 37.6 Å². The second-order valence-corrected chi connectivity index (χ2v) is 4.96. The van der Waals surface area contributed by atoms with Gasteiger partial charge >= 0.3 is 0 Å². The van der Waals surface area contributed by atoms with Gasteiger partial charge in [0, 0.05) is 11.7 Å². The number of carbonyl (C=O) groups is 1. The lowest BCUT2D eigenvalue weighted by Gasteiger charge is -2.18. The quantitative estimate of drug-likeness (QED) is 0.704. The third-order valence-corrected chi connectivity index (χ3v) is 2.63. The van der Waals surface area contributed by atoms with Crippen molar-refractivity contribution in [2.45, 2.75) is 33.2 Å². The molecule has 0 heterocycles. The molecule has 0 radical (unpaired) electrons. The standard InChI is InChI=1S/C13H20FN3O/c1-7(2)4-8(3)17-12-5-9(13(16)18)11(15)6-10(12)14/h5-8,17H,4,15H2,1-3H3,(H2,16,18). The van der Waals surface area contributed by atoms with E-state index in [1.807, 2.05) is 6.92 Å². The van der Waals surface area contributed by atoms with Gasteiger partial charge in [-0.05, 0) is 31.4 Å². The van der Waals surface area contributed by atoms with E-state index in [-0.39, 0.29) is 23.0 Å². The third-order valence-electron chi connectivity index (χ3n) is 2.63. The molecule has 1 atom stereocenters. The molecule has 0 aliphatic heterocycles. The molecule has 1 unspecified atom stereocenters. The minimum atomic E-state index is -0.660. The number of nitrogens with two attached hydrogens (primary N) is 2. The number of hydrogen-bond acceptors (Lipinski definition) is 3. The van der Waals surface area contributed by atoms with E-state index < -0.39 is 11.7 Å². The van der Waals surface area contributed by atoms with Gasteiger partial charge in [-0.3, -0.25) is 4.79 Å².